The van der Waals surface area contributed by atoms with E-state index in [0.717, 1.165) is 36.3 Å². The summed E-state index contributed by atoms with van der Waals surface area (Å²) in [5.74, 6) is 0.687. The van der Waals surface area contributed by atoms with Crippen molar-refractivity contribution in [3.8, 4) is 0 Å². The van der Waals surface area contributed by atoms with E-state index in [4.69, 9.17) is 0 Å². The van der Waals surface area contributed by atoms with Gasteiger partial charge in [-0.25, -0.2) is 4.68 Å². The largest absolute Gasteiger partial charge is 0.410 e. The van der Waals surface area contributed by atoms with Crippen molar-refractivity contribution in [1.29, 1.82) is 0 Å². The standard InChI is InChI=1S/C12H16BrF3N4/c13-9-10(7-1-4-17-5-2-7)19-20-8(12(14,15)16)3-6-18-11(9)20/h7-8,17-18H,1-6H2. The van der Waals surface area contributed by atoms with Crippen LogP contribution in [0.15, 0.2) is 4.47 Å². The van der Waals surface area contributed by atoms with Crippen LogP contribution in [0, 0.1) is 0 Å². The van der Waals surface area contributed by atoms with E-state index in [2.05, 4.69) is 31.7 Å². The van der Waals surface area contributed by atoms with Crippen molar-refractivity contribution in [2.75, 3.05) is 25.0 Å². The van der Waals surface area contributed by atoms with E-state index >= 15 is 0 Å². The third-order valence-electron chi connectivity index (χ3n) is 3.99. The summed E-state index contributed by atoms with van der Waals surface area (Å²) in [6.07, 6.45) is -2.42. The molecule has 1 aromatic rings. The van der Waals surface area contributed by atoms with E-state index in [-0.39, 0.29) is 12.3 Å². The molecule has 8 heteroatoms. The van der Waals surface area contributed by atoms with E-state index in [1.54, 1.807) is 0 Å². The Morgan fingerprint density at radius 2 is 1.85 bits per heavy atom. The molecule has 0 aromatic carbocycles. The fourth-order valence-electron chi connectivity index (χ4n) is 2.92. The Labute approximate surface area is 123 Å². The smallest absolute Gasteiger partial charge is 0.369 e. The molecule has 112 valence electrons. The molecule has 2 aliphatic heterocycles. The number of nitrogens with one attached hydrogen (secondary N) is 2. The molecule has 0 spiro atoms. The molecule has 2 aliphatic rings. The van der Waals surface area contributed by atoms with E-state index < -0.39 is 12.2 Å². The fraction of sp³-hybridized carbons (Fsp3) is 0.750. The van der Waals surface area contributed by atoms with Crippen molar-refractivity contribution in [1.82, 2.24) is 15.1 Å². The Hall–Kier alpha value is -0.760. The highest BCUT2D eigenvalue weighted by Gasteiger charge is 2.45. The minimum Gasteiger partial charge on any atom is -0.369 e. The summed E-state index contributed by atoms with van der Waals surface area (Å²) in [6.45, 7) is 2.09. The van der Waals surface area contributed by atoms with Crippen LogP contribution in [-0.2, 0) is 0 Å². The van der Waals surface area contributed by atoms with Crippen molar-refractivity contribution < 1.29 is 13.2 Å². The van der Waals surface area contributed by atoms with Crippen LogP contribution in [0.4, 0.5) is 19.0 Å². The minimum absolute atomic E-state index is 0.0241. The quantitative estimate of drug-likeness (QED) is 0.816. The number of anilines is 1. The number of hydrogen-bond acceptors (Lipinski definition) is 3. The molecule has 1 fully saturated rings. The molecule has 0 saturated carbocycles. The predicted molar refractivity (Wildman–Crippen MR) is 73.0 cm³/mol. The number of rotatable bonds is 1. The lowest BCUT2D eigenvalue weighted by molar-refractivity contribution is -0.171. The zero-order chi connectivity index (χ0) is 14.3. The molecule has 4 nitrogen and oxygen atoms in total. The number of nitrogens with zero attached hydrogens (tertiary/aromatic N) is 2. The number of alkyl halides is 3. The number of hydrogen-bond donors (Lipinski definition) is 2. The molecule has 1 saturated heterocycles. The lowest BCUT2D eigenvalue weighted by Gasteiger charge is -2.27. The van der Waals surface area contributed by atoms with E-state index in [0.29, 0.717) is 16.8 Å². The average molecular weight is 353 g/mol. The van der Waals surface area contributed by atoms with Gasteiger partial charge < -0.3 is 10.6 Å². The Morgan fingerprint density at radius 1 is 1.15 bits per heavy atom. The van der Waals surface area contributed by atoms with E-state index in [1.165, 1.54) is 0 Å². The van der Waals surface area contributed by atoms with Crippen molar-refractivity contribution in [2.24, 2.45) is 0 Å². The maximum absolute atomic E-state index is 13.1. The molecule has 20 heavy (non-hydrogen) atoms. The van der Waals surface area contributed by atoms with Gasteiger partial charge in [0, 0.05) is 12.5 Å². The van der Waals surface area contributed by atoms with E-state index in [9.17, 15) is 13.2 Å². The van der Waals surface area contributed by atoms with Crippen LogP contribution in [0.1, 0.15) is 36.9 Å². The molecule has 0 radical (unpaired) electrons. The Kier molecular flexibility index (Phi) is 3.70. The van der Waals surface area contributed by atoms with Gasteiger partial charge in [-0.15, -0.1) is 0 Å². The van der Waals surface area contributed by atoms with Gasteiger partial charge in [0.1, 0.15) is 5.82 Å². The van der Waals surface area contributed by atoms with Crippen molar-refractivity contribution in [2.45, 2.75) is 37.4 Å². The highest BCUT2D eigenvalue weighted by molar-refractivity contribution is 9.10. The first-order valence-corrected chi connectivity index (χ1v) is 7.57. The summed E-state index contributed by atoms with van der Waals surface area (Å²) in [4.78, 5) is 0. The van der Waals surface area contributed by atoms with Crippen molar-refractivity contribution in [3.05, 3.63) is 10.2 Å². The molecule has 3 rings (SSSR count). The maximum atomic E-state index is 13.1. The first-order valence-electron chi connectivity index (χ1n) is 6.77. The molecule has 2 N–H and O–H groups in total. The van der Waals surface area contributed by atoms with Crippen molar-refractivity contribution in [3.63, 3.8) is 0 Å². The van der Waals surface area contributed by atoms with Gasteiger partial charge in [0.15, 0.2) is 6.04 Å². The Bertz CT molecular complexity index is 494. The number of aromatic nitrogens is 2. The lowest BCUT2D eigenvalue weighted by Crippen LogP contribution is -2.34. The summed E-state index contributed by atoms with van der Waals surface area (Å²) < 4.78 is 41.1. The van der Waals surface area contributed by atoms with E-state index in [1.807, 2.05) is 0 Å². The third-order valence-corrected chi connectivity index (χ3v) is 4.77. The highest BCUT2D eigenvalue weighted by Crippen LogP contribution is 2.43. The van der Waals surface area contributed by atoms with Gasteiger partial charge in [-0.3, -0.25) is 0 Å². The summed E-state index contributed by atoms with van der Waals surface area (Å²) in [6, 6.07) is -1.52. The van der Waals surface area contributed by atoms with Crippen LogP contribution < -0.4 is 10.6 Å². The second-order valence-corrected chi connectivity index (χ2v) is 6.08. The van der Waals surface area contributed by atoms with Crippen LogP contribution in [0.5, 0.6) is 0 Å². The third kappa shape index (κ3) is 2.43. The van der Waals surface area contributed by atoms with Gasteiger partial charge in [0.05, 0.1) is 10.2 Å². The minimum atomic E-state index is -4.26. The van der Waals surface area contributed by atoms with Gasteiger partial charge in [-0.1, -0.05) is 0 Å². The molecule has 3 heterocycles. The molecule has 0 amide bonds. The molecule has 0 bridgehead atoms. The van der Waals surface area contributed by atoms with Gasteiger partial charge >= 0.3 is 6.18 Å². The summed E-state index contributed by atoms with van der Waals surface area (Å²) >= 11 is 3.43. The second-order valence-electron chi connectivity index (χ2n) is 5.29. The zero-order valence-electron chi connectivity index (χ0n) is 10.8. The van der Waals surface area contributed by atoms with Crippen LogP contribution in [-0.4, -0.2) is 35.6 Å². The molecular weight excluding hydrogens is 337 g/mol. The average Bonchev–Trinajstić information content (AvgIpc) is 2.76. The van der Waals surface area contributed by atoms with Crippen LogP contribution in [0.3, 0.4) is 0 Å². The monoisotopic (exact) mass is 352 g/mol. The summed E-state index contributed by atoms with van der Waals surface area (Å²) in [7, 11) is 0. The summed E-state index contributed by atoms with van der Waals surface area (Å²) in [5, 5.41) is 10.6. The highest BCUT2D eigenvalue weighted by atomic mass is 79.9. The molecular formula is C12H16BrF3N4. The zero-order valence-corrected chi connectivity index (χ0v) is 12.4. The number of halogens is 4. The van der Waals surface area contributed by atoms with Gasteiger partial charge in [0.2, 0.25) is 0 Å². The summed E-state index contributed by atoms with van der Waals surface area (Å²) in [5.41, 5.74) is 0.755. The first-order chi connectivity index (χ1) is 9.48. The second kappa shape index (κ2) is 5.22. The van der Waals surface area contributed by atoms with Crippen LogP contribution >= 0.6 is 15.9 Å². The SMILES string of the molecule is FC(F)(F)C1CCNc2c(Br)c(C3CCNCC3)nn21. The number of fused-ring (bicyclic) bond motifs is 1. The van der Waals surface area contributed by atoms with Gasteiger partial charge in [0.25, 0.3) is 0 Å². The fourth-order valence-corrected chi connectivity index (χ4v) is 3.65. The normalized spacial score (nSPS) is 24.3. The van der Waals surface area contributed by atoms with Crippen molar-refractivity contribution >= 4 is 21.7 Å². The first kappa shape index (κ1) is 14.2. The molecule has 1 atom stereocenters. The van der Waals surface area contributed by atoms with Gasteiger partial charge in [-0.2, -0.15) is 18.3 Å². The van der Waals surface area contributed by atoms with Gasteiger partial charge in [-0.05, 0) is 48.3 Å². The molecule has 1 aromatic heterocycles. The lowest BCUT2D eigenvalue weighted by atomic mass is 9.95. The maximum Gasteiger partial charge on any atom is 0.410 e. The molecule has 1 unspecified atom stereocenters. The van der Waals surface area contributed by atoms with Crippen LogP contribution in [0.2, 0.25) is 0 Å². The predicted octanol–water partition coefficient (Wildman–Crippen LogP) is 3.03. The topological polar surface area (TPSA) is 41.9 Å². The Balaban J connectivity index is 1.97. The Morgan fingerprint density at radius 3 is 2.50 bits per heavy atom. The number of piperidine rings is 1. The van der Waals surface area contributed by atoms with Crippen LogP contribution in [0.25, 0.3) is 0 Å². The molecule has 0 aliphatic carbocycles.